The summed E-state index contributed by atoms with van der Waals surface area (Å²) in [5, 5.41) is 0. The molecule has 0 amide bonds. The largest absolute Gasteiger partial charge is 0.463 e. The smallest absolute Gasteiger partial charge is 0.333 e. The van der Waals surface area contributed by atoms with Crippen LogP contribution in [0.1, 0.15) is 60.1 Å². The van der Waals surface area contributed by atoms with Crippen LogP contribution < -0.4 is 0 Å². The summed E-state index contributed by atoms with van der Waals surface area (Å²) in [5.74, 6) is 4.04. The van der Waals surface area contributed by atoms with Gasteiger partial charge >= 0.3 is 5.97 Å². The number of carbonyl (C=O) groups is 1. The Morgan fingerprint density at radius 1 is 1.21 bits per heavy atom. The van der Waals surface area contributed by atoms with Gasteiger partial charge in [0.05, 0.1) is 18.2 Å². The maximum atomic E-state index is 11.8. The van der Waals surface area contributed by atoms with Gasteiger partial charge in [0.2, 0.25) is 0 Å². The molecule has 0 aliphatic carbocycles. The lowest BCUT2D eigenvalue weighted by molar-refractivity contribution is -0.138. The van der Waals surface area contributed by atoms with Crippen molar-refractivity contribution in [2.24, 2.45) is 0 Å². The molecule has 1 unspecified atom stereocenters. The Bertz CT molecular complexity index is 653. The van der Waals surface area contributed by atoms with Gasteiger partial charge in [-0.2, -0.15) is 0 Å². The molecule has 1 heterocycles. The zero-order valence-electron chi connectivity index (χ0n) is 18.2. The van der Waals surface area contributed by atoms with E-state index in [-0.39, 0.29) is 5.97 Å². The summed E-state index contributed by atoms with van der Waals surface area (Å²) in [7, 11) is -0.775. The van der Waals surface area contributed by atoms with E-state index in [4.69, 9.17) is 9.47 Å². The summed E-state index contributed by atoms with van der Waals surface area (Å²) in [4.78, 5) is 16.5. The van der Waals surface area contributed by atoms with Crippen molar-refractivity contribution in [2.75, 3.05) is 29.8 Å². The number of ether oxygens (including phenoxy) is 2. The molecule has 6 heteroatoms. The van der Waals surface area contributed by atoms with Crippen LogP contribution in [0.2, 0.25) is 0 Å². The summed E-state index contributed by atoms with van der Waals surface area (Å²) in [5.41, 5.74) is 1.05. The van der Waals surface area contributed by atoms with E-state index in [2.05, 4.69) is 48.6 Å². The first-order chi connectivity index (χ1) is 13.3. The standard InChI is InChI=1S/C22H36BrNO3S/c1-7-26-21(25)18(5)13-12-16-22(6,19-14-11-15-20(23)24-19)27-17-28(8-2,9-3)10-4/h11,13-15H,7-10,12,16-17H2,1-6H3/b18-13-. The third-order valence-corrected chi connectivity index (χ3v) is 10.1. The number of allylic oxidation sites excluding steroid dienone is 1. The van der Waals surface area contributed by atoms with Crippen LogP contribution in [0.3, 0.4) is 0 Å². The molecule has 0 saturated heterocycles. The van der Waals surface area contributed by atoms with E-state index in [0.717, 1.165) is 29.1 Å². The topological polar surface area (TPSA) is 48.4 Å². The van der Waals surface area contributed by atoms with Crippen LogP contribution in [0.25, 0.3) is 0 Å². The van der Waals surface area contributed by atoms with E-state index >= 15 is 0 Å². The number of hydrogen-bond donors (Lipinski definition) is 0. The summed E-state index contributed by atoms with van der Waals surface area (Å²) in [6.07, 6.45) is 3.42. The highest BCUT2D eigenvalue weighted by Crippen LogP contribution is 2.48. The van der Waals surface area contributed by atoms with Crippen LogP contribution in [0, 0.1) is 0 Å². The number of rotatable bonds is 12. The molecule has 0 N–H and O–H groups in total. The predicted molar refractivity (Wildman–Crippen MR) is 124 cm³/mol. The van der Waals surface area contributed by atoms with Gasteiger partial charge in [-0.25, -0.2) is 19.8 Å². The summed E-state index contributed by atoms with van der Waals surface area (Å²) >= 11 is 3.48. The number of halogens is 1. The van der Waals surface area contributed by atoms with Crippen LogP contribution in [-0.4, -0.2) is 40.8 Å². The van der Waals surface area contributed by atoms with Crippen LogP contribution in [-0.2, 0) is 19.9 Å². The van der Waals surface area contributed by atoms with Gasteiger partial charge in [-0.3, -0.25) is 0 Å². The second-order valence-corrected chi connectivity index (χ2v) is 12.3. The molecular weight excluding hydrogens is 438 g/mol. The Balaban J connectivity index is 3.02. The molecule has 1 atom stereocenters. The van der Waals surface area contributed by atoms with E-state index < -0.39 is 15.6 Å². The molecule has 28 heavy (non-hydrogen) atoms. The van der Waals surface area contributed by atoms with E-state index in [1.807, 2.05) is 31.2 Å². The number of pyridine rings is 1. The Morgan fingerprint density at radius 3 is 2.39 bits per heavy atom. The molecule has 1 aromatic heterocycles. The van der Waals surface area contributed by atoms with E-state index in [9.17, 15) is 4.79 Å². The SMILES string of the molecule is CCOC(=O)/C(C)=C\CCC(C)(OCS(CC)(CC)CC)c1cccc(Br)n1. The van der Waals surface area contributed by atoms with Gasteiger partial charge < -0.3 is 9.47 Å². The van der Waals surface area contributed by atoms with Crippen molar-refractivity contribution >= 4 is 31.9 Å². The fraction of sp³-hybridized carbons (Fsp3) is 0.636. The molecule has 0 saturated carbocycles. The highest BCUT2D eigenvalue weighted by molar-refractivity contribution is 9.10. The van der Waals surface area contributed by atoms with Crippen molar-refractivity contribution in [2.45, 2.75) is 60.0 Å². The third kappa shape index (κ3) is 7.20. The fourth-order valence-corrected chi connectivity index (χ4v) is 5.57. The zero-order chi connectivity index (χ0) is 21.2. The predicted octanol–water partition coefficient (Wildman–Crippen LogP) is 6.19. The molecule has 4 nitrogen and oxygen atoms in total. The van der Waals surface area contributed by atoms with Crippen LogP contribution in [0.15, 0.2) is 34.5 Å². The minimum absolute atomic E-state index is 0.253. The molecular formula is C22H36BrNO3S. The minimum atomic E-state index is -0.775. The van der Waals surface area contributed by atoms with Crippen LogP contribution in [0.4, 0.5) is 0 Å². The van der Waals surface area contributed by atoms with Crippen molar-refractivity contribution in [3.8, 4) is 0 Å². The highest BCUT2D eigenvalue weighted by Gasteiger charge is 2.31. The summed E-state index contributed by atoms with van der Waals surface area (Å²) in [6, 6.07) is 5.94. The van der Waals surface area contributed by atoms with Gasteiger partial charge in [-0.1, -0.05) is 32.9 Å². The zero-order valence-corrected chi connectivity index (χ0v) is 20.6. The average molecular weight is 475 g/mol. The fourth-order valence-electron chi connectivity index (χ4n) is 2.99. The average Bonchev–Trinajstić information content (AvgIpc) is 2.69. The van der Waals surface area contributed by atoms with Crippen molar-refractivity contribution in [1.82, 2.24) is 4.98 Å². The van der Waals surface area contributed by atoms with E-state index in [1.165, 1.54) is 17.3 Å². The molecule has 0 aromatic carbocycles. The number of aromatic nitrogens is 1. The van der Waals surface area contributed by atoms with Gasteiger partial charge in [0.1, 0.15) is 10.2 Å². The Labute approximate surface area is 180 Å². The van der Waals surface area contributed by atoms with Gasteiger partial charge in [0, 0.05) is 5.57 Å². The lowest BCUT2D eigenvalue weighted by atomic mass is 9.94. The third-order valence-electron chi connectivity index (χ3n) is 5.39. The van der Waals surface area contributed by atoms with Crippen LogP contribution >= 0.6 is 26.0 Å². The van der Waals surface area contributed by atoms with Crippen molar-refractivity contribution < 1.29 is 14.3 Å². The van der Waals surface area contributed by atoms with Gasteiger partial charge in [-0.05, 0) is 78.9 Å². The molecule has 1 rings (SSSR count). The first-order valence-electron chi connectivity index (χ1n) is 10.1. The normalized spacial score (nSPS) is 15.2. The number of carbonyl (C=O) groups excluding carboxylic acids is 1. The highest BCUT2D eigenvalue weighted by atomic mass is 79.9. The first kappa shape index (κ1) is 25.2. The summed E-state index contributed by atoms with van der Waals surface area (Å²) in [6.45, 7) is 12.9. The second kappa shape index (κ2) is 12.0. The monoisotopic (exact) mass is 473 g/mol. The molecule has 0 fully saturated rings. The first-order valence-corrected chi connectivity index (χ1v) is 13.2. The lowest BCUT2D eigenvalue weighted by Crippen LogP contribution is -2.30. The van der Waals surface area contributed by atoms with Crippen molar-refractivity contribution in [1.29, 1.82) is 0 Å². The number of esters is 1. The van der Waals surface area contributed by atoms with Gasteiger partial charge in [0.25, 0.3) is 0 Å². The quantitative estimate of drug-likeness (QED) is 0.206. The van der Waals surface area contributed by atoms with E-state index in [1.54, 1.807) is 6.92 Å². The van der Waals surface area contributed by atoms with Gasteiger partial charge in [-0.15, -0.1) is 0 Å². The van der Waals surface area contributed by atoms with Gasteiger partial charge in [0.15, 0.2) is 0 Å². The molecule has 0 aliphatic rings. The Hall–Kier alpha value is -0.850. The van der Waals surface area contributed by atoms with Crippen molar-refractivity contribution in [3.63, 3.8) is 0 Å². The molecule has 0 aliphatic heterocycles. The molecule has 0 spiro atoms. The molecule has 0 radical (unpaired) electrons. The number of hydrogen-bond acceptors (Lipinski definition) is 4. The maximum Gasteiger partial charge on any atom is 0.333 e. The maximum absolute atomic E-state index is 11.8. The second-order valence-electron chi connectivity index (χ2n) is 7.08. The van der Waals surface area contributed by atoms with Crippen LogP contribution in [0.5, 0.6) is 0 Å². The molecule has 0 bridgehead atoms. The molecule has 1 aromatic rings. The summed E-state index contributed by atoms with van der Waals surface area (Å²) < 4.78 is 12.5. The molecule has 160 valence electrons. The Morgan fingerprint density at radius 2 is 1.86 bits per heavy atom. The minimum Gasteiger partial charge on any atom is -0.463 e. The van der Waals surface area contributed by atoms with Crippen molar-refractivity contribution in [3.05, 3.63) is 40.1 Å². The number of nitrogens with zero attached hydrogens (tertiary/aromatic N) is 1. The lowest BCUT2D eigenvalue weighted by Gasteiger charge is -2.41. The van der Waals surface area contributed by atoms with E-state index in [0.29, 0.717) is 12.2 Å². The Kier molecular flexibility index (Phi) is 10.8.